The molecule has 1 aliphatic heterocycles. The number of aryl methyl sites for hydroxylation is 1. The van der Waals surface area contributed by atoms with Crippen LogP contribution in [-0.4, -0.2) is 38.7 Å². The van der Waals surface area contributed by atoms with E-state index in [0.29, 0.717) is 13.1 Å². The van der Waals surface area contributed by atoms with Crippen LogP contribution in [0.2, 0.25) is 0 Å². The van der Waals surface area contributed by atoms with Gasteiger partial charge in [0.2, 0.25) is 0 Å². The summed E-state index contributed by atoms with van der Waals surface area (Å²) < 4.78 is 42.5. The normalized spacial score (nSPS) is 17.5. The number of rotatable bonds is 3. The molecule has 1 atom stereocenters. The smallest absolute Gasteiger partial charge is 0.338 e. The Morgan fingerprint density at radius 1 is 1.24 bits per heavy atom. The summed E-state index contributed by atoms with van der Waals surface area (Å²) >= 11 is 1.50. The van der Waals surface area contributed by atoms with E-state index in [1.54, 1.807) is 30.5 Å². The molecule has 3 aromatic rings. The summed E-state index contributed by atoms with van der Waals surface area (Å²) in [4.78, 5) is 18.8. The van der Waals surface area contributed by atoms with Crippen molar-refractivity contribution in [2.75, 3.05) is 13.1 Å². The first kappa shape index (κ1) is 19.6. The SMILES string of the molecule is Cc1ccc(-n2ncc(C(=O)N3CCCC(c4nccs4)C3)c2C(F)(F)F)cc1. The third-order valence-electron chi connectivity index (χ3n) is 5.06. The van der Waals surface area contributed by atoms with Gasteiger partial charge in [0.1, 0.15) is 0 Å². The highest BCUT2D eigenvalue weighted by Gasteiger charge is 2.42. The maximum atomic E-state index is 13.9. The van der Waals surface area contributed by atoms with Gasteiger partial charge in [-0.1, -0.05) is 17.7 Å². The van der Waals surface area contributed by atoms with Gasteiger partial charge < -0.3 is 4.90 Å². The average molecular weight is 420 g/mol. The fourth-order valence-electron chi connectivity index (χ4n) is 3.63. The highest BCUT2D eigenvalue weighted by atomic mass is 32.1. The summed E-state index contributed by atoms with van der Waals surface area (Å²) in [5.41, 5.74) is -0.269. The van der Waals surface area contributed by atoms with Crippen molar-refractivity contribution in [2.45, 2.75) is 31.9 Å². The van der Waals surface area contributed by atoms with E-state index in [1.165, 1.54) is 16.2 Å². The number of carbonyl (C=O) groups is 1. The summed E-state index contributed by atoms with van der Waals surface area (Å²) in [5, 5.41) is 6.68. The molecule has 0 radical (unpaired) electrons. The van der Waals surface area contributed by atoms with E-state index in [4.69, 9.17) is 0 Å². The molecule has 1 unspecified atom stereocenters. The fourth-order valence-corrected chi connectivity index (χ4v) is 4.40. The van der Waals surface area contributed by atoms with Crippen molar-refractivity contribution in [1.29, 1.82) is 0 Å². The Morgan fingerprint density at radius 2 is 2.00 bits per heavy atom. The molecular formula is C20H19F3N4OS. The first-order valence-corrected chi connectivity index (χ1v) is 10.1. The fraction of sp³-hybridized carbons (Fsp3) is 0.350. The second kappa shape index (κ2) is 7.62. The van der Waals surface area contributed by atoms with E-state index in [0.717, 1.165) is 34.3 Å². The Morgan fingerprint density at radius 3 is 2.66 bits per heavy atom. The quantitative estimate of drug-likeness (QED) is 0.619. The van der Waals surface area contributed by atoms with Gasteiger partial charge in [0.25, 0.3) is 5.91 Å². The number of hydrogen-bond acceptors (Lipinski definition) is 4. The van der Waals surface area contributed by atoms with Crippen LogP contribution < -0.4 is 0 Å². The predicted molar refractivity (Wildman–Crippen MR) is 103 cm³/mol. The Bertz CT molecular complexity index is 996. The molecule has 3 heterocycles. The Balaban J connectivity index is 1.67. The van der Waals surface area contributed by atoms with Crippen LogP contribution in [0.25, 0.3) is 5.69 Å². The van der Waals surface area contributed by atoms with Gasteiger partial charge in [0, 0.05) is 30.6 Å². The summed E-state index contributed by atoms with van der Waals surface area (Å²) in [7, 11) is 0. The van der Waals surface area contributed by atoms with Crippen molar-refractivity contribution in [1.82, 2.24) is 19.7 Å². The summed E-state index contributed by atoms with van der Waals surface area (Å²) in [6, 6.07) is 6.54. The number of alkyl halides is 3. The monoisotopic (exact) mass is 420 g/mol. The molecule has 0 bridgehead atoms. The molecule has 1 aromatic carbocycles. The van der Waals surface area contributed by atoms with E-state index in [9.17, 15) is 18.0 Å². The zero-order valence-corrected chi connectivity index (χ0v) is 16.5. The van der Waals surface area contributed by atoms with E-state index in [-0.39, 0.29) is 11.6 Å². The van der Waals surface area contributed by atoms with Gasteiger partial charge in [-0.15, -0.1) is 11.3 Å². The molecular weight excluding hydrogens is 401 g/mol. The zero-order chi connectivity index (χ0) is 20.6. The number of nitrogens with zero attached hydrogens (tertiary/aromatic N) is 4. The molecule has 5 nitrogen and oxygen atoms in total. The minimum absolute atomic E-state index is 0.0502. The predicted octanol–water partition coefficient (Wildman–Crippen LogP) is 4.68. The Hall–Kier alpha value is -2.68. The molecule has 1 aliphatic rings. The molecule has 4 rings (SSSR count). The van der Waals surface area contributed by atoms with Crippen molar-refractivity contribution >= 4 is 17.2 Å². The largest absolute Gasteiger partial charge is 0.434 e. The second-order valence-electron chi connectivity index (χ2n) is 7.11. The first-order chi connectivity index (χ1) is 13.8. The lowest BCUT2D eigenvalue weighted by Crippen LogP contribution is -2.39. The topological polar surface area (TPSA) is 51.0 Å². The Labute approximate surface area is 169 Å². The van der Waals surface area contributed by atoms with Crippen LogP contribution in [0.1, 0.15) is 45.4 Å². The summed E-state index contributed by atoms with van der Waals surface area (Å²) in [6.07, 6.45) is -0.390. The summed E-state index contributed by atoms with van der Waals surface area (Å²) in [6.45, 7) is 2.63. The molecule has 0 saturated carbocycles. The van der Waals surface area contributed by atoms with Crippen molar-refractivity contribution < 1.29 is 18.0 Å². The van der Waals surface area contributed by atoms with Gasteiger partial charge in [0.15, 0.2) is 5.69 Å². The number of halogens is 3. The lowest BCUT2D eigenvalue weighted by atomic mass is 9.98. The van der Waals surface area contributed by atoms with Crippen LogP contribution in [0, 0.1) is 6.92 Å². The molecule has 152 valence electrons. The molecule has 0 N–H and O–H groups in total. The number of benzene rings is 1. The van der Waals surface area contributed by atoms with Gasteiger partial charge >= 0.3 is 6.18 Å². The van der Waals surface area contributed by atoms with Crippen molar-refractivity contribution in [3.8, 4) is 5.69 Å². The van der Waals surface area contributed by atoms with Crippen LogP contribution in [-0.2, 0) is 6.18 Å². The van der Waals surface area contributed by atoms with Crippen molar-refractivity contribution in [3.63, 3.8) is 0 Å². The van der Waals surface area contributed by atoms with Crippen LogP contribution in [0.5, 0.6) is 0 Å². The number of piperidine rings is 1. The molecule has 0 spiro atoms. The van der Waals surface area contributed by atoms with E-state index >= 15 is 0 Å². The number of hydrogen-bond donors (Lipinski definition) is 0. The minimum Gasteiger partial charge on any atom is -0.338 e. The molecule has 29 heavy (non-hydrogen) atoms. The lowest BCUT2D eigenvalue weighted by molar-refractivity contribution is -0.143. The minimum atomic E-state index is -4.71. The number of amides is 1. The third kappa shape index (κ3) is 3.91. The maximum Gasteiger partial charge on any atom is 0.434 e. The first-order valence-electron chi connectivity index (χ1n) is 9.25. The van der Waals surface area contributed by atoms with Gasteiger partial charge in [-0.05, 0) is 31.9 Å². The average Bonchev–Trinajstić information content (AvgIpc) is 3.38. The third-order valence-corrected chi connectivity index (χ3v) is 5.99. The molecule has 1 fully saturated rings. The molecule has 2 aromatic heterocycles. The van der Waals surface area contributed by atoms with Gasteiger partial charge in [-0.3, -0.25) is 4.79 Å². The molecule has 1 amide bonds. The molecule has 1 saturated heterocycles. The number of carbonyl (C=O) groups excluding carboxylic acids is 1. The number of aromatic nitrogens is 3. The van der Waals surface area contributed by atoms with E-state index < -0.39 is 23.3 Å². The zero-order valence-electron chi connectivity index (χ0n) is 15.7. The van der Waals surface area contributed by atoms with Crippen LogP contribution in [0.3, 0.4) is 0 Å². The standard InChI is InChI=1S/C20H19F3N4OS/c1-13-4-6-15(7-5-13)27-17(20(21,22)23)16(11-25-27)19(28)26-9-2-3-14(12-26)18-24-8-10-29-18/h4-8,10-11,14H,2-3,9,12H2,1H3. The number of thiazole rings is 1. The highest BCUT2D eigenvalue weighted by Crippen LogP contribution is 2.35. The van der Waals surface area contributed by atoms with Crippen LogP contribution >= 0.6 is 11.3 Å². The van der Waals surface area contributed by atoms with Gasteiger partial charge in [0.05, 0.1) is 22.5 Å². The van der Waals surface area contributed by atoms with E-state index in [1.807, 2.05) is 12.3 Å². The summed E-state index contributed by atoms with van der Waals surface area (Å²) in [5.74, 6) is -0.592. The second-order valence-corrected chi connectivity index (χ2v) is 8.04. The van der Waals surface area contributed by atoms with E-state index in [2.05, 4.69) is 10.1 Å². The Kier molecular flexibility index (Phi) is 5.16. The highest BCUT2D eigenvalue weighted by molar-refractivity contribution is 7.09. The van der Waals surface area contributed by atoms with Gasteiger partial charge in [-0.25, -0.2) is 9.67 Å². The van der Waals surface area contributed by atoms with Crippen molar-refractivity contribution in [2.24, 2.45) is 0 Å². The van der Waals surface area contributed by atoms with Crippen molar-refractivity contribution in [3.05, 3.63) is 63.9 Å². The van der Waals surface area contributed by atoms with Gasteiger partial charge in [-0.2, -0.15) is 18.3 Å². The molecule has 0 aliphatic carbocycles. The number of likely N-dealkylation sites (tertiary alicyclic amines) is 1. The maximum absolute atomic E-state index is 13.9. The van der Waals surface area contributed by atoms with Crippen LogP contribution in [0.15, 0.2) is 42.0 Å². The van der Waals surface area contributed by atoms with Crippen LogP contribution in [0.4, 0.5) is 13.2 Å². The molecule has 9 heteroatoms. The lowest BCUT2D eigenvalue weighted by Gasteiger charge is -2.32.